The molecular formula is C20H20ClOS. The van der Waals surface area contributed by atoms with E-state index in [2.05, 4.69) is 62.8 Å². The van der Waals surface area contributed by atoms with E-state index in [0.29, 0.717) is 0 Å². The third-order valence-corrected chi connectivity index (χ3v) is 5.06. The molecule has 1 nitrogen and oxygen atoms in total. The lowest BCUT2D eigenvalue weighted by atomic mass is 9.94. The van der Waals surface area contributed by atoms with Crippen LogP contribution >= 0.6 is 23.4 Å². The van der Waals surface area contributed by atoms with Gasteiger partial charge in [0.1, 0.15) is 5.44 Å². The summed E-state index contributed by atoms with van der Waals surface area (Å²) in [5.41, 5.74) is 5.24. The van der Waals surface area contributed by atoms with Crippen molar-refractivity contribution in [1.29, 1.82) is 0 Å². The maximum absolute atomic E-state index is 6.09. The second-order valence-electron chi connectivity index (χ2n) is 5.73. The van der Waals surface area contributed by atoms with E-state index in [0.717, 1.165) is 11.4 Å². The summed E-state index contributed by atoms with van der Waals surface area (Å²) < 4.78 is 6.09. The molecule has 1 saturated heterocycles. The van der Waals surface area contributed by atoms with E-state index in [1.54, 1.807) is 11.8 Å². The Balaban J connectivity index is 1.80. The fraction of sp³-hybridized carbons (Fsp3) is 0.250. The smallest absolute Gasteiger partial charge is 0.107 e. The predicted molar refractivity (Wildman–Crippen MR) is 99.5 cm³/mol. The van der Waals surface area contributed by atoms with Crippen molar-refractivity contribution < 1.29 is 4.74 Å². The van der Waals surface area contributed by atoms with Crippen LogP contribution in [0, 0.1) is 26.2 Å². The molecule has 2 aromatic carbocycles. The van der Waals surface area contributed by atoms with Gasteiger partial charge in [-0.3, -0.25) is 0 Å². The molecule has 0 unspecified atom stereocenters. The Kier molecular flexibility index (Phi) is 5.68. The molecule has 1 heterocycles. The van der Waals surface area contributed by atoms with Gasteiger partial charge >= 0.3 is 0 Å². The van der Waals surface area contributed by atoms with Gasteiger partial charge in [0.2, 0.25) is 0 Å². The minimum atomic E-state index is 0.0296. The van der Waals surface area contributed by atoms with Crippen molar-refractivity contribution in [2.75, 3.05) is 6.26 Å². The molecule has 0 bridgehead atoms. The first kappa shape index (κ1) is 16.9. The summed E-state index contributed by atoms with van der Waals surface area (Å²) >= 11 is 7.68. The van der Waals surface area contributed by atoms with E-state index in [4.69, 9.17) is 16.3 Å². The topological polar surface area (TPSA) is 9.23 Å². The average molecular weight is 344 g/mol. The predicted octanol–water partition coefficient (Wildman–Crippen LogP) is 5.61. The third kappa shape index (κ3) is 4.32. The van der Waals surface area contributed by atoms with Gasteiger partial charge in [0.25, 0.3) is 0 Å². The second-order valence-corrected chi connectivity index (χ2v) is 7.10. The summed E-state index contributed by atoms with van der Waals surface area (Å²) in [7, 11) is 0. The van der Waals surface area contributed by atoms with Crippen molar-refractivity contribution in [2.45, 2.75) is 24.9 Å². The van der Waals surface area contributed by atoms with Crippen LogP contribution in [0.5, 0.6) is 0 Å². The van der Waals surface area contributed by atoms with Gasteiger partial charge in [0.15, 0.2) is 0 Å². The summed E-state index contributed by atoms with van der Waals surface area (Å²) in [6.45, 7) is 2.16. The molecule has 1 aliphatic heterocycles. The van der Waals surface area contributed by atoms with Crippen molar-refractivity contribution in [2.24, 2.45) is 0 Å². The molecule has 0 amide bonds. The molecule has 0 N–H and O–H groups in total. The van der Waals surface area contributed by atoms with Crippen molar-refractivity contribution in [3.8, 4) is 0 Å². The number of thioether (sulfide) groups is 1. The van der Waals surface area contributed by atoms with E-state index in [9.17, 15) is 0 Å². The van der Waals surface area contributed by atoms with Crippen molar-refractivity contribution in [3.63, 3.8) is 0 Å². The van der Waals surface area contributed by atoms with Crippen molar-refractivity contribution in [1.82, 2.24) is 0 Å². The zero-order valence-corrected chi connectivity index (χ0v) is 14.9. The zero-order chi connectivity index (χ0) is 16.2. The van der Waals surface area contributed by atoms with Crippen LogP contribution < -0.4 is 0 Å². The van der Waals surface area contributed by atoms with Crippen LogP contribution in [0.25, 0.3) is 0 Å². The number of halogens is 1. The van der Waals surface area contributed by atoms with E-state index < -0.39 is 0 Å². The molecule has 119 valence electrons. The van der Waals surface area contributed by atoms with Gasteiger partial charge in [-0.1, -0.05) is 41.9 Å². The van der Waals surface area contributed by atoms with Gasteiger partial charge in [-0.15, -0.1) is 11.8 Å². The molecule has 3 heteroatoms. The van der Waals surface area contributed by atoms with Gasteiger partial charge < -0.3 is 4.74 Å². The molecule has 1 fully saturated rings. The fourth-order valence-electron chi connectivity index (χ4n) is 2.70. The molecule has 23 heavy (non-hydrogen) atoms. The summed E-state index contributed by atoms with van der Waals surface area (Å²) in [6, 6.07) is 14.7. The quantitative estimate of drug-likeness (QED) is 0.713. The highest BCUT2D eigenvalue weighted by molar-refractivity contribution is 7.99. The van der Waals surface area contributed by atoms with E-state index >= 15 is 0 Å². The Labute approximate surface area is 148 Å². The third-order valence-electron chi connectivity index (χ3n) is 4.08. The highest BCUT2D eigenvalue weighted by Gasteiger charge is 2.24. The van der Waals surface area contributed by atoms with Crippen LogP contribution in [0.15, 0.2) is 42.5 Å². The first-order valence-electron chi connectivity index (χ1n) is 7.69. The van der Waals surface area contributed by atoms with Crippen molar-refractivity contribution in [3.05, 3.63) is 89.0 Å². The lowest BCUT2D eigenvalue weighted by Gasteiger charge is -2.29. The Bertz CT molecular complexity index is 653. The van der Waals surface area contributed by atoms with Crippen LogP contribution in [0.2, 0.25) is 5.02 Å². The molecule has 0 aromatic heterocycles. The van der Waals surface area contributed by atoms with E-state index in [1.165, 1.54) is 22.3 Å². The summed E-state index contributed by atoms with van der Waals surface area (Å²) in [4.78, 5) is 0. The van der Waals surface area contributed by atoms with Gasteiger partial charge in [0, 0.05) is 11.4 Å². The molecule has 0 saturated carbocycles. The van der Waals surface area contributed by atoms with Crippen LogP contribution in [0.4, 0.5) is 0 Å². The summed E-state index contributed by atoms with van der Waals surface area (Å²) in [6.07, 6.45) is 9.31. The number of benzene rings is 2. The van der Waals surface area contributed by atoms with E-state index in [-0.39, 0.29) is 11.5 Å². The monoisotopic (exact) mass is 343 g/mol. The minimum absolute atomic E-state index is 0.0296. The Morgan fingerprint density at radius 2 is 1.87 bits per heavy atom. The Hall–Kier alpha value is -0.960. The molecule has 0 aliphatic carbocycles. The molecule has 3 rings (SSSR count). The standard InChI is InChI=1S/C20H20ClOS/c1-14-6-9-16(19-4-3-5-20(22-19)23-2)13-17(14)12-15-7-10-18(21)11-8-15/h3-11,13,19-20H,12H2,1-2H3/t19-,20+/m0/s1. The van der Waals surface area contributed by atoms with Gasteiger partial charge in [0.05, 0.1) is 6.10 Å². The SMILES string of the molecule is CS[C@@H]1[CH][CH][CH][C@@H](c2ccc(C)c(Cc3ccc(Cl)cc3)c2)O1. The lowest BCUT2D eigenvalue weighted by molar-refractivity contribution is 0.0620. The highest BCUT2D eigenvalue weighted by Crippen LogP contribution is 2.34. The molecular weight excluding hydrogens is 324 g/mol. The largest absolute Gasteiger partial charge is 0.359 e. The van der Waals surface area contributed by atoms with E-state index in [1.807, 2.05) is 12.1 Å². The van der Waals surface area contributed by atoms with Crippen LogP contribution in [0.1, 0.15) is 28.4 Å². The van der Waals surface area contributed by atoms with Crippen LogP contribution in [0.3, 0.4) is 0 Å². The van der Waals surface area contributed by atoms with Crippen LogP contribution in [-0.4, -0.2) is 11.7 Å². The van der Waals surface area contributed by atoms with Gasteiger partial charge in [-0.25, -0.2) is 0 Å². The highest BCUT2D eigenvalue weighted by atomic mass is 35.5. The van der Waals surface area contributed by atoms with Crippen molar-refractivity contribution >= 4 is 23.4 Å². The van der Waals surface area contributed by atoms with Gasteiger partial charge in [-0.2, -0.15) is 0 Å². The maximum Gasteiger partial charge on any atom is 0.107 e. The molecule has 3 radical (unpaired) electrons. The fourth-order valence-corrected chi connectivity index (χ4v) is 3.30. The number of aryl methyl sites for hydroxylation is 1. The Morgan fingerprint density at radius 1 is 1.09 bits per heavy atom. The maximum atomic E-state index is 6.09. The molecule has 0 spiro atoms. The first-order valence-corrected chi connectivity index (χ1v) is 9.36. The number of hydrogen-bond donors (Lipinski definition) is 0. The first-order chi connectivity index (χ1) is 11.2. The van der Waals surface area contributed by atoms with Crippen LogP contribution in [-0.2, 0) is 11.2 Å². The summed E-state index contributed by atoms with van der Waals surface area (Å²) in [5.74, 6) is 0. The minimum Gasteiger partial charge on any atom is -0.359 e. The second kappa shape index (κ2) is 7.74. The zero-order valence-electron chi connectivity index (χ0n) is 13.3. The Morgan fingerprint density at radius 3 is 2.61 bits per heavy atom. The number of rotatable bonds is 4. The molecule has 1 aliphatic rings. The number of ether oxygens (including phenoxy) is 1. The summed E-state index contributed by atoms with van der Waals surface area (Å²) in [5, 5.41) is 0.777. The normalized spacial score (nSPS) is 21.3. The molecule has 2 aromatic rings. The average Bonchev–Trinajstić information content (AvgIpc) is 2.59. The molecule has 2 atom stereocenters. The lowest BCUT2D eigenvalue weighted by Crippen LogP contribution is -2.21. The van der Waals surface area contributed by atoms with Gasteiger partial charge in [-0.05, 0) is 66.8 Å². The number of hydrogen-bond acceptors (Lipinski definition) is 2.